The van der Waals surface area contributed by atoms with Gasteiger partial charge in [0.05, 0.1) is 34.4 Å². The average Bonchev–Trinajstić information content (AvgIpc) is 3.55. The van der Waals surface area contributed by atoms with Gasteiger partial charge in [0, 0.05) is 34.8 Å². The summed E-state index contributed by atoms with van der Waals surface area (Å²) in [6.07, 6.45) is 6.74. The van der Waals surface area contributed by atoms with Crippen molar-refractivity contribution in [1.82, 2.24) is 5.16 Å². The molecule has 2 aliphatic heterocycles. The van der Waals surface area contributed by atoms with Crippen molar-refractivity contribution >= 4 is 28.9 Å². The fourth-order valence-corrected chi connectivity index (χ4v) is 6.22. The molecule has 7 heteroatoms. The van der Waals surface area contributed by atoms with Gasteiger partial charge in [0.15, 0.2) is 0 Å². The van der Waals surface area contributed by atoms with Crippen LogP contribution in [0.15, 0.2) is 47.0 Å². The molecule has 1 saturated carbocycles. The van der Waals surface area contributed by atoms with Crippen molar-refractivity contribution < 1.29 is 9.26 Å². The summed E-state index contributed by atoms with van der Waals surface area (Å²) >= 11 is 13.0. The number of ether oxygens (including phenoxy) is 1. The van der Waals surface area contributed by atoms with Gasteiger partial charge in [0.2, 0.25) is 0 Å². The molecule has 34 heavy (non-hydrogen) atoms. The average molecular weight is 494 g/mol. The van der Waals surface area contributed by atoms with E-state index in [-0.39, 0.29) is 6.10 Å². The number of rotatable bonds is 6. The van der Waals surface area contributed by atoms with Crippen molar-refractivity contribution in [2.24, 2.45) is 0 Å². The van der Waals surface area contributed by atoms with Crippen LogP contribution in [0.4, 0.5) is 5.69 Å². The van der Waals surface area contributed by atoms with Crippen molar-refractivity contribution in [2.75, 3.05) is 4.90 Å². The van der Waals surface area contributed by atoms with Crippen LogP contribution in [0.5, 0.6) is 0 Å². The first-order chi connectivity index (χ1) is 16.6. The number of nitriles is 1. The largest absolute Gasteiger partial charge is 0.373 e. The van der Waals surface area contributed by atoms with E-state index in [2.05, 4.69) is 28.3 Å². The molecule has 6 rings (SSSR count). The molecule has 3 aromatic rings. The normalized spacial score (nSPS) is 23.8. The lowest BCUT2D eigenvalue weighted by Crippen LogP contribution is -2.45. The predicted molar refractivity (Wildman–Crippen MR) is 132 cm³/mol. The zero-order valence-corrected chi connectivity index (χ0v) is 20.2. The van der Waals surface area contributed by atoms with Gasteiger partial charge in [-0.25, -0.2) is 0 Å². The fourth-order valence-electron chi connectivity index (χ4n) is 5.64. The number of hydrogen-bond donors (Lipinski definition) is 0. The molecule has 0 unspecified atom stereocenters. The van der Waals surface area contributed by atoms with E-state index < -0.39 is 0 Å². The van der Waals surface area contributed by atoms with Gasteiger partial charge in [-0.15, -0.1) is 0 Å². The maximum atomic E-state index is 9.10. The monoisotopic (exact) mass is 493 g/mol. The molecular formula is C27H25Cl2N3O2. The summed E-state index contributed by atoms with van der Waals surface area (Å²) < 4.78 is 12.3. The Kier molecular flexibility index (Phi) is 5.77. The molecule has 174 valence electrons. The molecule has 2 bridgehead atoms. The van der Waals surface area contributed by atoms with Crippen LogP contribution in [-0.2, 0) is 11.3 Å². The van der Waals surface area contributed by atoms with Crippen LogP contribution in [0, 0.1) is 11.3 Å². The van der Waals surface area contributed by atoms with Gasteiger partial charge in [0.25, 0.3) is 0 Å². The van der Waals surface area contributed by atoms with Crippen LogP contribution in [0.2, 0.25) is 10.0 Å². The summed E-state index contributed by atoms with van der Waals surface area (Å²) in [6.45, 7) is 0.452. The smallest absolute Gasteiger partial charge is 0.145 e. The highest BCUT2D eigenvalue weighted by atomic mass is 35.5. The Morgan fingerprint density at radius 3 is 2.29 bits per heavy atom. The second-order valence-electron chi connectivity index (χ2n) is 9.60. The molecule has 3 fully saturated rings. The van der Waals surface area contributed by atoms with Gasteiger partial charge >= 0.3 is 0 Å². The summed E-state index contributed by atoms with van der Waals surface area (Å²) in [5, 5.41) is 14.6. The number of halogens is 2. The minimum absolute atomic E-state index is 0.184. The van der Waals surface area contributed by atoms with Crippen LogP contribution in [0.1, 0.15) is 61.3 Å². The Labute approximate surface area is 209 Å². The number of anilines is 1. The van der Waals surface area contributed by atoms with Crippen LogP contribution < -0.4 is 4.90 Å². The van der Waals surface area contributed by atoms with E-state index in [0.29, 0.717) is 45.9 Å². The standard InChI is InChI=1S/C27H25Cl2N3O2/c28-23-2-1-3-24(29)25(23)26-22(27(34-31-26)17-6-7-17)15-33-21-12-19-10-11-20(13-21)32(19)18-8-4-16(14-30)5-9-18/h1-5,8-9,17,19-21H,6-7,10-13,15H2/t19-,20+,21-. The molecule has 0 radical (unpaired) electrons. The fraction of sp³-hybridized carbons (Fsp3) is 0.407. The minimum atomic E-state index is 0.184. The Hall–Kier alpha value is -2.52. The number of fused-ring (bicyclic) bond motifs is 2. The number of nitrogens with zero attached hydrogens (tertiary/aromatic N) is 3. The first kappa shape index (κ1) is 22.0. The molecule has 1 aliphatic carbocycles. The minimum Gasteiger partial charge on any atom is -0.373 e. The molecule has 3 heterocycles. The number of aromatic nitrogens is 1. The molecule has 5 nitrogen and oxygen atoms in total. The van der Waals surface area contributed by atoms with Crippen molar-refractivity contribution in [2.45, 2.75) is 69.2 Å². The van der Waals surface area contributed by atoms with E-state index in [1.165, 1.54) is 18.5 Å². The van der Waals surface area contributed by atoms with E-state index in [9.17, 15) is 0 Å². The molecule has 0 N–H and O–H groups in total. The second kappa shape index (κ2) is 8.92. The predicted octanol–water partition coefficient (Wildman–Crippen LogP) is 7.11. The SMILES string of the molecule is N#Cc1ccc(N2[C@@H]3CC[C@H]2C[C@H](OCc2c(-c4c(Cl)cccc4Cl)noc2C2CC2)C3)cc1. The highest BCUT2D eigenvalue weighted by Crippen LogP contribution is 2.47. The molecule has 3 aliphatic rings. The van der Waals surface area contributed by atoms with Crippen LogP contribution in [0.25, 0.3) is 11.3 Å². The third kappa shape index (κ3) is 3.98. The Morgan fingerprint density at radius 2 is 1.68 bits per heavy atom. The van der Waals surface area contributed by atoms with E-state index in [1.807, 2.05) is 30.3 Å². The lowest BCUT2D eigenvalue weighted by Gasteiger charge is -2.40. The quantitative estimate of drug-likeness (QED) is 0.365. The molecule has 2 aromatic carbocycles. The Balaban J connectivity index is 1.20. The van der Waals surface area contributed by atoms with Gasteiger partial charge in [-0.05, 0) is 74.9 Å². The topological polar surface area (TPSA) is 62.3 Å². The lowest BCUT2D eigenvalue weighted by molar-refractivity contribution is 0.0147. The maximum absolute atomic E-state index is 9.10. The van der Waals surface area contributed by atoms with E-state index in [1.54, 1.807) is 0 Å². The zero-order valence-electron chi connectivity index (χ0n) is 18.7. The molecule has 3 atom stereocenters. The van der Waals surface area contributed by atoms with Crippen molar-refractivity contribution in [3.8, 4) is 17.3 Å². The summed E-state index contributed by atoms with van der Waals surface area (Å²) in [4.78, 5) is 2.53. The summed E-state index contributed by atoms with van der Waals surface area (Å²) in [6, 6.07) is 16.6. The summed E-state index contributed by atoms with van der Waals surface area (Å²) in [5.74, 6) is 1.33. The third-order valence-corrected chi connectivity index (χ3v) is 8.04. The van der Waals surface area contributed by atoms with Gasteiger partial charge in [-0.1, -0.05) is 34.4 Å². The molecular weight excluding hydrogens is 469 g/mol. The first-order valence-corrected chi connectivity index (χ1v) is 12.7. The Bertz CT molecular complexity index is 1210. The number of hydrogen-bond acceptors (Lipinski definition) is 5. The Morgan fingerprint density at radius 1 is 1.00 bits per heavy atom. The van der Waals surface area contributed by atoms with Crippen LogP contribution in [0.3, 0.4) is 0 Å². The molecule has 1 aromatic heterocycles. The lowest BCUT2D eigenvalue weighted by atomic mass is 9.98. The molecule has 0 amide bonds. The number of piperidine rings is 1. The summed E-state index contributed by atoms with van der Waals surface area (Å²) in [7, 11) is 0. The number of benzene rings is 2. The van der Waals surface area contributed by atoms with Gasteiger partial charge in [-0.3, -0.25) is 0 Å². The molecule has 0 spiro atoms. The van der Waals surface area contributed by atoms with Crippen molar-refractivity contribution in [3.05, 3.63) is 69.4 Å². The first-order valence-electron chi connectivity index (χ1n) is 11.9. The highest BCUT2D eigenvalue weighted by Gasteiger charge is 2.41. The zero-order chi connectivity index (χ0) is 23.2. The van der Waals surface area contributed by atoms with Crippen LogP contribution in [-0.4, -0.2) is 23.3 Å². The summed E-state index contributed by atoms with van der Waals surface area (Å²) in [5.41, 5.74) is 4.31. The van der Waals surface area contributed by atoms with Crippen molar-refractivity contribution in [1.29, 1.82) is 5.26 Å². The van der Waals surface area contributed by atoms with Crippen molar-refractivity contribution in [3.63, 3.8) is 0 Å². The van der Waals surface area contributed by atoms with Gasteiger partial charge in [0.1, 0.15) is 11.5 Å². The van der Waals surface area contributed by atoms with E-state index in [0.717, 1.165) is 42.6 Å². The van der Waals surface area contributed by atoms with E-state index >= 15 is 0 Å². The molecule has 2 saturated heterocycles. The maximum Gasteiger partial charge on any atom is 0.145 e. The van der Waals surface area contributed by atoms with Crippen LogP contribution >= 0.6 is 23.2 Å². The van der Waals surface area contributed by atoms with Gasteiger partial charge < -0.3 is 14.2 Å². The van der Waals surface area contributed by atoms with E-state index in [4.69, 9.17) is 37.7 Å². The third-order valence-electron chi connectivity index (χ3n) is 7.41. The van der Waals surface area contributed by atoms with Gasteiger partial charge in [-0.2, -0.15) is 5.26 Å². The highest BCUT2D eigenvalue weighted by molar-refractivity contribution is 6.39. The second-order valence-corrected chi connectivity index (χ2v) is 10.4.